The first-order valence-corrected chi connectivity index (χ1v) is 8.42. The molecule has 1 aromatic carbocycles. The molecule has 5 heteroatoms. The van der Waals surface area contributed by atoms with E-state index in [-0.39, 0.29) is 24.0 Å². The minimum absolute atomic E-state index is 0. The van der Waals surface area contributed by atoms with Crippen molar-refractivity contribution in [2.45, 2.75) is 40.2 Å². The molecule has 1 rings (SSSR count). The average molecular weight is 432 g/mol. The van der Waals surface area contributed by atoms with E-state index < -0.39 is 0 Å². The molecule has 0 bridgehead atoms. The van der Waals surface area contributed by atoms with Crippen LogP contribution in [0.25, 0.3) is 0 Å². The minimum Gasteiger partial charge on any atom is -0.356 e. The van der Waals surface area contributed by atoms with Gasteiger partial charge in [0.25, 0.3) is 0 Å². The standard InChI is InChI=1S/C18H32N4.HI/c1-5-22(6-2)13-8-7-12-20-18(19-4)21-15-17-11-9-10-16(3)14-17;/h9-11,14H,5-8,12-13,15H2,1-4H3,(H2,19,20,21);1H. The zero-order chi connectivity index (χ0) is 16.2. The highest BCUT2D eigenvalue weighted by Gasteiger charge is 2.00. The van der Waals surface area contributed by atoms with Crippen molar-refractivity contribution in [1.29, 1.82) is 0 Å². The van der Waals surface area contributed by atoms with Crippen LogP contribution in [0, 0.1) is 6.92 Å². The number of benzene rings is 1. The first-order chi connectivity index (χ1) is 10.7. The lowest BCUT2D eigenvalue weighted by molar-refractivity contribution is 0.297. The molecule has 23 heavy (non-hydrogen) atoms. The SMILES string of the molecule is CCN(CC)CCCCNC(=NC)NCc1cccc(C)c1.I. The molecule has 0 saturated carbocycles. The number of aliphatic imine (C=N–C) groups is 1. The number of guanidine groups is 1. The Labute approximate surface area is 159 Å². The molecular formula is C18H33IN4. The van der Waals surface area contributed by atoms with Crippen LogP contribution in [-0.4, -0.2) is 44.1 Å². The van der Waals surface area contributed by atoms with Gasteiger partial charge in [0, 0.05) is 20.1 Å². The van der Waals surface area contributed by atoms with Crippen LogP contribution in [-0.2, 0) is 6.54 Å². The summed E-state index contributed by atoms with van der Waals surface area (Å²) in [6, 6.07) is 8.55. The molecule has 0 atom stereocenters. The zero-order valence-corrected chi connectivity index (χ0v) is 17.4. The summed E-state index contributed by atoms with van der Waals surface area (Å²) >= 11 is 0. The summed E-state index contributed by atoms with van der Waals surface area (Å²) in [7, 11) is 1.82. The van der Waals surface area contributed by atoms with E-state index in [0.717, 1.165) is 32.1 Å². The molecule has 0 aliphatic heterocycles. The molecule has 0 aliphatic carbocycles. The third kappa shape index (κ3) is 9.81. The number of unbranched alkanes of at least 4 members (excludes halogenated alkanes) is 1. The topological polar surface area (TPSA) is 39.7 Å². The van der Waals surface area contributed by atoms with Crippen LogP contribution in [0.4, 0.5) is 0 Å². The number of nitrogens with one attached hydrogen (secondary N) is 2. The highest BCUT2D eigenvalue weighted by atomic mass is 127. The van der Waals surface area contributed by atoms with Crippen molar-refractivity contribution in [2.75, 3.05) is 33.2 Å². The molecule has 4 nitrogen and oxygen atoms in total. The van der Waals surface area contributed by atoms with E-state index in [4.69, 9.17) is 0 Å². The third-order valence-electron chi connectivity index (χ3n) is 3.85. The van der Waals surface area contributed by atoms with Gasteiger partial charge in [0.05, 0.1) is 0 Å². The summed E-state index contributed by atoms with van der Waals surface area (Å²) < 4.78 is 0. The van der Waals surface area contributed by atoms with Gasteiger partial charge >= 0.3 is 0 Å². The fraction of sp³-hybridized carbons (Fsp3) is 0.611. The second kappa shape index (κ2) is 13.6. The molecule has 0 aromatic heterocycles. The Morgan fingerprint density at radius 1 is 1.13 bits per heavy atom. The Balaban J connectivity index is 0.00000484. The summed E-state index contributed by atoms with van der Waals surface area (Å²) in [5, 5.41) is 6.75. The number of halogens is 1. The van der Waals surface area contributed by atoms with Crippen molar-refractivity contribution in [2.24, 2.45) is 4.99 Å². The monoisotopic (exact) mass is 432 g/mol. The molecule has 0 amide bonds. The predicted octanol–water partition coefficient (Wildman–Crippen LogP) is 3.40. The molecular weight excluding hydrogens is 399 g/mol. The van der Waals surface area contributed by atoms with Crippen molar-refractivity contribution in [1.82, 2.24) is 15.5 Å². The first-order valence-electron chi connectivity index (χ1n) is 8.42. The largest absolute Gasteiger partial charge is 0.356 e. The second-order valence-electron chi connectivity index (χ2n) is 5.58. The Bertz CT molecular complexity index is 444. The number of hydrogen-bond donors (Lipinski definition) is 2. The van der Waals surface area contributed by atoms with Gasteiger partial charge in [-0.15, -0.1) is 24.0 Å². The number of rotatable bonds is 9. The number of aryl methyl sites for hydroxylation is 1. The Kier molecular flexibility index (Phi) is 13.1. The van der Waals surface area contributed by atoms with Crippen molar-refractivity contribution >= 4 is 29.9 Å². The summed E-state index contributed by atoms with van der Waals surface area (Å²) in [6.45, 7) is 11.8. The second-order valence-corrected chi connectivity index (χ2v) is 5.58. The van der Waals surface area contributed by atoms with E-state index >= 15 is 0 Å². The lowest BCUT2D eigenvalue weighted by Crippen LogP contribution is -2.37. The number of nitrogens with zero attached hydrogens (tertiary/aromatic N) is 2. The fourth-order valence-electron chi connectivity index (χ4n) is 2.44. The van der Waals surface area contributed by atoms with Gasteiger partial charge in [0.1, 0.15) is 0 Å². The highest BCUT2D eigenvalue weighted by Crippen LogP contribution is 2.03. The lowest BCUT2D eigenvalue weighted by Gasteiger charge is -2.18. The van der Waals surface area contributed by atoms with E-state index in [1.807, 2.05) is 7.05 Å². The fourth-order valence-corrected chi connectivity index (χ4v) is 2.44. The van der Waals surface area contributed by atoms with Crippen molar-refractivity contribution in [3.05, 3.63) is 35.4 Å². The average Bonchev–Trinajstić information content (AvgIpc) is 2.54. The van der Waals surface area contributed by atoms with Crippen LogP contribution in [0.1, 0.15) is 37.8 Å². The molecule has 0 spiro atoms. The van der Waals surface area contributed by atoms with Gasteiger partial charge in [-0.05, 0) is 45.0 Å². The maximum Gasteiger partial charge on any atom is 0.191 e. The summed E-state index contributed by atoms with van der Waals surface area (Å²) in [5.74, 6) is 0.879. The van der Waals surface area contributed by atoms with Crippen LogP contribution in [0.15, 0.2) is 29.3 Å². The van der Waals surface area contributed by atoms with Gasteiger partial charge in [0.2, 0.25) is 0 Å². The van der Waals surface area contributed by atoms with Crippen LogP contribution in [0.5, 0.6) is 0 Å². The molecule has 1 aromatic rings. The third-order valence-corrected chi connectivity index (χ3v) is 3.85. The predicted molar refractivity (Wildman–Crippen MR) is 112 cm³/mol. The molecule has 0 unspecified atom stereocenters. The Morgan fingerprint density at radius 3 is 2.48 bits per heavy atom. The van der Waals surface area contributed by atoms with Crippen LogP contribution in [0.2, 0.25) is 0 Å². The van der Waals surface area contributed by atoms with E-state index in [1.165, 1.54) is 30.5 Å². The van der Waals surface area contributed by atoms with Crippen molar-refractivity contribution < 1.29 is 0 Å². The maximum absolute atomic E-state index is 4.27. The van der Waals surface area contributed by atoms with Crippen LogP contribution in [0.3, 0.4) is 0 Å². The highest BCUT2D eigenvalue weighted by molar-refractivity contribution is 14.0. The van der Waals surface area contributed by atoms with Gasteiger partial charge in [-0.3, -0.25) is 4.99 Å². The molecule has 0 saturated heterocycles. The molecule has 132 valence electrons. The van der Waals surface area contributed by atoms with Gasteiger partial charge < -0.3 is 15.5 Å². The molecule has 0 heterocycles. The van der Waals surface area contributed by atoms with E-state index in [0.29, 0.717) is 0 Å². The van der Waals surface area contributed by atoms with Crippen molar-refractivity contribution in [3.63, 3.8) is 0 Å². The Hall–Kier alpha value is -0.820. The Morgan fingerprint density at radius 2 is 1.87 bits per heavy atom. The van der Waals surface area contributed by atoms with Crippen molar-refractivity contribution in [3.8, 4) is 0 Å². The van der Waals surface area contributed by atoms with Crippen LogP contribution >= 0.6 is 24.0 Å². The normalized spacial score (nSPS) is 11.3. The maximum atomic E-state index is 4.27. The molecule has 2 N–H and O–H groups in total. The minimum atomic E-state index is 0. The zero-order valence-electron chi connectivity index (χ0n) is 15.1. The van der Waals surface area contributed by atoms with Gasteiger partial charge in [-0.25, -0.2) is 0 Å². The quantitative estimate of drug-likeness (QED) is 0.272. The first kappa shape index (κ1) is 22.2. The van der Waals surface area contributed by atoms with Gasteiger partial charge in [-0.1, -0.05) is 43.7 Å². The molecule has 0 radical (unpaired) electrons. The summed E-state index contributed by atoms with van der Waals surface area (Å²) in [5.41, 5.74) is 2.57. The van der Waals surface area contributed by atoms with Gasteiger partial charge in [0.15, 0.2) is 5.96 Å². The smallest absolute Gasteiger partial charge is 0.191 e. The number of hydrogen-bond acceptors (Lipinski definition) is 2. The molecule has 0 fully saturated rings. The lowest BCUT2D eigenvalue weighted by atomic mass is 10.1. The van der Waals surface area contributed by atoms with Gasteiger partial charge in [-0.2, -0.15) is 0 Å². The van der Waals surface area contributed by atoms with E-state index in [1.54, 1.807) is 0 Å². The van der Waals surface area contributed by atoms with Crippen LogP contribution < -0.4 is 10.6 Å². The van der Waals surface area contributed by atoms with E-state index in [2.05, 4.69) is 65.6 Å². The summed E-state index contributed by atoms with van der Waals surface area (Å²) in [4.78, 5) is 6.74. The summed E-state index contributed by atoms with van der Waals surface area (Å²) in [6.07, 6.45) is 2.39. The van der Waals surface area contributed by atoms with E-state index in [9.17, 15) is 0 Å². The molecule has 0 aliphatic rings.